The molecule has 7 nitrogen and oxygen atoms in total. The van der Waals surface area contributed by atoms with Gasteiger partial charge in [-0.2, -0.15) is 0 Å². The minimum absolute atomic E-state index is 0.00155. The monoisotopic (exact) mass is 418 g/mol. The smallest absolute Gasteiger partial charge is 0.225 e. The van der Waals surface area contributed by atoms with Crippen molar-refractivity contribution in [2.75, 3.05) is 33.4 Å². The molecule has 0 saturated carbocycles. The summed E-state index contributed by atoms with van der Waals surface area (Å²) in [5.41, 5.74) is 0.944. The summed E-state index contributed by atoms with van der Waals surface area (Å²) in [6.45, 7) is 5.01. The van der Waals surface area contributed by atoms with Gasteiger partial charge < -0.3 is 24.4 Å². The zero-order valence-corrected chi connectivity index (χ0v) is 18.2. The quantitative estimate of drug-likeness (QED) is 0.667. The Morgan fingerprint density at radius 2 is 2.10 bits per heavy atom. The van der Waals surface area contributed by atoms with Crippen molar-refractivity contribution in [3.63, 3.8) is 0 Å². The summed E-state index contributed by atoms with van der Waals surface area (Å²) in [7, 11) is 1.61. The number of likely N-dealkylation sites (tertiary alicyclic amines) is 1. The van der Waals surface area contributed by atoms with Crippen LogP contribution in [0.4, 0.5) is 0 Å². The van der Waals surface area contributed by atoms with Crippen LogP contribution in [-0.4, -0.2) is 56.2 Å². The van der Waals surface area contributed by atoms with E-state index in [1.54, 1.807) is 7.11 Å². The summed E-state index contributed by atoms with van der Waals surface area (Å²) in [5, 5.41) is 3.01. The first-order chi connectivity index (χ1) is 14.6. The first kappa shape index (κ1) is 22.4. The molecule has 166 valence electrons. The molecular formula is C23H34N2O5. The van der Waals surface area contributed by atoms with Gasteiger partial charge in [0.25, 0.3) is 0 Å². The van der Waals surface area contributed by atoms with Crippen molar-refractivity contribution < 1.29 is 23.8 Å². The number of hydrogen-bond donors (Lipinski definition) is 1. The lowest BCUT2D eigenvalue weighted by Crippen LogP contribution is -2.45. The number of piperidine rings is 1. The van der Waals surface area contributed by atoms with Gasteiger partial charge >= 0.3 is 0 Å². The summed E-state index contributed by atoms with van der Waals surface area (Å²) in [5.74, 6) is 1.34. The van der Waals surface area contributed by atoms with Crippen LogP contribution in [0, 0.1) is 5.92 Å². The highest BCUT2D eigenvalue weighted by Crippen LogP contribution is 2.29. The number of amides is 2. The van der Waals surface area contributed by atoms with E-state index in [0.29, 0.717) is 37.6 Å². The van der Waals surface area contributed by atoms with Crippen LogP contribution in [0.2, 0.25) is 0 Å². The van der Waals surface area contributed by atoms with Crippen LogP contribution >= 0.6 is 0 Å². The molecule has 0 spiro atoms. The number of hydrogen-bond acceptors (Lipinski definition) is 5. The molecule has 0 aromatic heterocycles. The van der Waals surface area contributed by atoms with Gasteiger partial charge in [0, 0.05) is 32.7 Å². The SMILES string of the molecule is CCCC(=O)N1CCCC(C(=O)NCc2ccc(OCC3CCCO3)c(OC)c2)C1. The lowest BCUT2D eigenvalue weighted by Gasteiger charge is -2.32. The van der Waals surface area contributed by atoms with Crippen LogP contribution in [-0.2, 0) is 20.9 Å². The van der Waals surface area contributed by atoms with Crippen LogP contribution in [0.3, 0.4) is 0 Å². The van der Waals surface area contributed by atoms with E-state index in [-0.39, 0.29) is 23.8 Å². The van der Waals surface area contributed by atoms with Crippen LogP contribution in [0.15, 0.2) is 18.2 Å². The summed E-state index contributed by atoms with van der Waals surface area (Å²) in [6.07, 6.45) is 5.33. The Labute approximate surface area is 179 Å². The molecule has 7 heteroatoms. The Morgan fingerprint density at radius 1 is 1.23 bits per heavy atom. The molecule has 2 amide bonds. The Kier molecular flexibility index (Phi) is 8.37. The van der Waals surface area contributed by atoms with Crippen molar-refractivity contribution in [3.8, 4) is 11.5 Å². The predicted molar refractivity (Wildman–Crippen MR) is 114 cm³/mol. The number of benzene rings is 1. The second kappa shape index (κ2) is 11.2. The fourth-order valence-electron chi connectivity index (χ4n) is 4.02. The third-order valence-electron chi connectivity index (χ3n) is 5.75. The topological polar surface area (TPSA) is 77.1 Å². The molecule has 0 radical (unpaired) electrons. The number of rotatable bonds is 9. The summed E-state index contributed by atoms with van der Waals surface area (Å²) in [6, 6.07) is 5.70. The Balaban J connectivity index is 1.50. The van der Waals surface area contributed by atoms with Gasteiger partial charge in [-0.05, 0) is 49.8 Å². The molecule has 1 N–H and O–H groups in total. The second-order valence-electron chi connectivity index (χ2n) is 8.08. The minimum atomic E-state index is -0.143. The number of ether oxygens (including phenoxy) is 3. The van der Waals surface area contributed by atoms with Gasteiger partial charge in [0.2, 0.25) is 11.8 Å². The van der Waals surface area contributed by atoms with Crippen molar-refractivity contribution in [1.82, 2.24) is 10.2 Å². The van der Waals surface area contributed by atoms with Crippen LogP contribution in [0.1, 0.15) is 51.0 Å². The molecule has 1 aromatic rings. The van der Waals surface area contributed by atoms with Gasteiger partial charge in [0.1, 0.15) is 6.61 Å². The molecule has 2 unspecified atom stereocenters. The van der Waals surface area contributed by atoms with Crippen molar-refractivity contribution in [3.05, 3.63) is 23.8 Å². The highest BCUT2D eigenvalue weighted by molar-refractivity contribution is 5.81. The largest absolute Gasteiger partial charge is 0.493 e. The molecule has 1 aromatic carbocycles. The molecule has 2 aliphatic heterocycles. The van der Waals surface area contributed by atoms with E-state index in [1.165, 1.54) is 0 Å². The molecule has 3 rings (SSSR count). The van der Waals surface area contributed by atoms with E-state index in [1.807, 2.05) is 30.0 Å². The lowest BCUT2D eigenvalue weighted by atomic mass is 9.96. The third kappa shape index (κ3) is 6.11. The maximum absolute atomic E-state index is 12.6. The first-order valence-electron chi connectivity index (χ1n) is 11.1. The van der Waals surface area contributed by atoms with Gasteiger partial charge in [0.05, 0.1) is 19.1 Å². The first-order valence-corrected chi connectivity index (χ1v) is 11.1. The number of nitrogens with zero attached hydrogens (tertiary/aromatic N) is 1. The van der Waals surface area contributed by atoms with E-state index in [0.717, 1.165) is 50.8 Å². The molecule has 2 saturated heterocycles. The van der Waals surface area contributed by atoms with E-state index in [4.69, 9.17) is 14.2 Å². The van der Waals surface area contributed by atoms with Gasteiger partial charge in [0.15, 0.2) is 11.5 Å². The Hall–Kier alpha value is -2.28. The van der Waals surface area contributed by atoms with Gasteiger partial charge in [-0.3, -0.25) is 9.59 Å². The molecule has 2 aliphatic rings. The normalized spacial score (nSPS) is 21.3. The summed E-state index contributed by atoms with van der Waals surface area (Å²) >= 11 is 0. The van der Waals surface area contributed by atoms with Crippen molar-refractivity contribution in [1.29, 1.82) is 0 Å². The summed E-state index contributed by atoms with van der Waals surface area (Å²) < 4.78 is 16.9. The van der Waals surface area contributed by atoms with Crippen LogP contribution < -0.4 is 14.8 Å². The Bertz CT molecular complexity index is 718. The van der Waals surface area contributed by atoms with Gasteiger partial charge in [-0.25, -0.2) is 0 Å². The average Bonchev–Trinajstić information content (AvgIpc) is 3.30. The van der Waals surface area contributed by atoms with Crippen molar-refractivity contribution in [2.24, 2.45) is 5.92 Å². The molecule has 2 heterocycles. The van der Waals surface area contributed by atoms with Crippen LogP contribution in [0.25, 0.3) is 0 Å². The number of carbonyl (C=O) groups excluding carboxylic acids is 2. The maximum atomic E-state index is 12.6. The molecule has 0 aliphatic carbocycles. The number of methoxy groups -OCH3 is 1. The molecule has 2 fully saturated rings. The summed E-state index contributed by atoms with van der Waals surface area (Å²) in [4.78, 5) is 26.6. The predicted octanol–water partition coefficient (Wildman–Crippen LogP) is 2.91. The molecule has 2 atom stereocenters. The zero-order valence-electron chi connectivity index (χ0n) is 18.2. The zero-order chi connectivity index (χ0) is 21.3. The number of nitrogens with one attached hydrogen (secondary N) is 1. The van der Waals surface area contributed by atoms with E-state index < -0.39 is 0 Å². The van der Waals surface area contributed by atoms with Crippen molar-refractivity contribution in [2.45, 2.75) is 58.1 Å². The third-order valence-corrected chi connectivity index (χ3v) is 5.75. The van der Waals surface area contributed by atoms with Crippen molar-refractivity contribution >= 4 is 11.8 Å². The maximum Gasteiger partial charge on any atom is 0.225 e. The Morgan fingerprint density at radius 3 is 2.83 bits per heavy atom. The molecule has 0 bridgehead atoms. The van der Waals surface area contributed by atoms with E-state index in [2.05, 4.69) is 5.32 Å². The van der Waals surface area contributed by atoms with Gasteiger partial charge in [-0.1, -0.05) is 13.0 Å². The van der Waals surface area contributed by atoms with E-state index >= 15 is 0 Å². The highest BCUT2D eigenvalue weighted by atomic mass is 16.5. The fourth-order valence-corrected chi connectivity index (χ4v) is 4.02. The molecule has 30 heavy (non-hydrogen) atoms. The minimum Gasteiger partial charge on any atom is -0.493 e. The fraction of sp³-hybridized carbons (Fsp3) is 0.652. The van der Waals surface area contributed by atoms with Gasteiger partial charge in [-0.15, -0.1) is 0 Å². The lowest BCUT2D eigenvalue weighted by molar-refractivity contribution is -0.135. The number of carbonyl (C=O) groups is 2. The second-order valence-corrected chi connectivity index (χ2v) is 8.08. The van der Waals surface area contributed by atoms with Crippen LogP contribution in [0.5, 0.6) is 11.5 Å². The average molecular weight is 419 g/mol. The standard InChI is InChI=1S/C23H34N2O5/c1-3-6-22(26)25-11-4-7-18(15-25)23(27)24-14-17-9-10-20(21(13-17)28-2)30-16-19-8-5-12-29-19/h9-10,13,18-19H,3-8,11-12,14-16H2,1-2H3,(H,24,27). The van der Waals surface area contributed by atoms with E-state index in [9.17, 15) is 9.59 Å². The highest BCUT2D eigenvalue weighted by Gasteiger charge is 2.27. The molecular weight excluding hydrogens is 384 g/mol.